The van der Waals surface area contributed by atoms with Crippen LogP contribution in [0, 0.1) is 20.8 Å². The van der Waals surface area contributed by atoms with Crippen LogP contribution in [-0.4, -0.2) is 39.9 Å². The zero-order chi connectivity index (χ0) is 25.8. The number of ether oxygens (including phenoxy) is 1. The first-order valence-electron chi connectivity index (χ1n) is 12.2. The maximum atomic E-state index is 13.5. The second-order valence-electron chi connectivity index (χ2n) is 9.14. The lowest BCUT2D eigenvalue weighted by atomic mass is 10.1. The topological polar surface area (TPSA) is 75.0 Å². The summed E-state index contributed by atoms with van der Waals surface area (Å²) < 4.78 is 7.54. The molecule has 0 saturated carbocycles. The summed E-state index contributed by atoms with van der Waals surface area (Å²) in [6.07, 6.45) is 6.10. The fourth-order valence-electron chi connectivity index (χ4n) is 4.45. The van der Waals surface area contributed by atoms with E-state index in [0.717, 1.165) is 22.4 Å². The van der Waals surface area contributed by atoms with Crippen LogP contribution in [0.15, 0.2) is 71.7 Å². The van der Waals surface area contributed by atoms with Crippen molar-refractivity contribution in [2.75, 3.05) is 18.3 Å². The molecule has 3 aromatic rings. The van der Waals surface area contributed by atoms with E-state index in [1.807, 2.05) is 87.3 Å². The Morgan fingerprint density at radius 1 is 1.03 bits per heavy atom. The van der Waals surface area contributed by atoms with E-state index in [1.165, 1.54) is 11.6 Å². The number of aryl methyl sites for hydroxylation is 2. The molecule has 0 spiro atoms. The summed E-state index contributed by atoms with van der Waals surface area (Å²) in [6, 6.07) is 15.1. The number of pyridine rings is 1. The highest BCUT2D eigenvalue weighted by Crippen LogP contribution is 2.25. The molecule has 1 N–H and O–H groups in total. The average molecular weight is 488 g/mol. The number of benzene rings is 2. The molecule has 7 nitrogen and oxygen atoms in total. The van der Waals surface area contributed by atoms with Gasteiger partial charge in [-0.15, -0.1) is 0 Å². The molecule has 0 radical (unpaired) electrons. The molecule has 1 atom stereocenters. The highest BCUT2D eigenvalue weighted by atomic mass is 16.5. The van der Waals surface area contributed by atoms with E-state index in [4.69, 9.17) is 4.74 Å². The highest BCUT2D eigenvalue weighted by molar-refractivity contribution is 5.96. The molecule has 2 aromatic carbocycles. The Kier molecular flexibility index (Phi) is 7.48. The number of nitrogens with zero attached hydrogens (tertiary/aromatic N) is 3. The van der Waals surface area contributed by atoms with Gasteiger partial charge in [-0.2, -0.15) is 0 Å². The van der Waals surface area contributed by atoms with Crippen LogP contribution in [0.25, 0.3) is 0 Å². The van der Waals surface area contributed by atoms with Crippen LogP contribution >= 0.6 is 0 Å². The Balaban J connectivity index is 1.59. The maximum Gasteiger partial charge on any atom is 0.278 e. The van der Waals surface area contributed by atoms with Gasteiger partial charge >= 0.3 is 0 Å². The Labute approximate surface area is 211 Å². The Morgan fingerprint density at radius 2 is 1.78 bits per heavy atom. The van der Waals surface area contributed by atoms with Crippen LogP contribution in [0.1, 0.15) is 46.1 Å². The lowest BCUT2D eigenvalue weighted by Gasteiger charge is -2.42. The standard InChI is InChI=1S/C29H33N3O4/c1-5-24(13-9-17-36-26-14-8-11-20(2)22(26)4)31-19-30(18-23-12-7-6-10-21(23)3)32-16-15-25(33)28(34)27(32)29(31)35/h6-16,24,34H,5,17-19H2,1-4H3/b13-9+/t24-/m0/s1. The van der Waals surface area contributed by atoms with Gasteiger partial charge in [0.2, 0.25) is 5.43 Å². The van der Waals surface area contributed by atoms with E-state index in [-0.39, 0.29) is 17.6 Å². The van der Waals surface area contributed by atoms with Gasteiger partial charge < -0.3 is 14.7 Å². The van der Waals surface area contributed by atoms with E-state index < -0.39 is 11.2 Å². The predicted octanol–water partition coefficient (Wildman–Crippen LogP) is 4.44. The van der Waals surface area contributed by atoms with E-state index in [9.17, 15) is 14.7 Å². The lowest BCUT2D eigenvalue weighted by Crippen LogP contribution is -2.56. The summed E-state index contributed by atoms with van der Waals surface area (Å²) in [4.78, 5) is 27.4. The van der Waals surface area contributed by atoms with Crippen molar-refractivity contribution in [1.29, 1.82) is 0 Å². The SMILES string of the molecule is CC[C@@H](/C=C/COc1cccc(C)c1C)N1CN(Cc2ccccc2C)n2ccc(=O)c(O)c2C1=O. The lowest BCUT2D eigenvalue weighted by molar-refractivity contribution is 0.0631. The minimum atomic E-state index is -0.571. The summed E-state index contributed by atoms with van der Waals surface area (Å²) in [5, 5.41) is 12.5. The van der Waals surface area contributed by atoms with Gasteiger partial charge in [0.25, 0.3) is 5.91 Å². The first-order valence-corrected chi connectivity index (χ1v) is 12.2. The molecule has 36 heavy (non-hydrogen) atoms. The van der Waals surface area contributed by atoms with Gasteiger partial charge in [0.05, 0.1) is 12.6 Å². The second-order valence-corrected chi connectivity index (χ2v) is 9.14. The van der Waals surface area contributed by atoms with Crippen molar-refractivity contribution in [3.8, 4) is 11.5 Å². The first-order chi connectivity index (χ1) is 17.3. The van der Waals surface area contributed by atoms with Crippen LogP contribution in [0.5, 0.6) is 11.5 Å². The number of amides is 1. The quantitative estimate of drug-likeness (QED) is 0.476. The summed E-state index contributed by atoms with van der Waals surface area (Å²) in [5.74, 6) is -0.0679. The average Bonchev–Trinajstić information content (AvgIpc) is 2.87. The van der Waals surface area contributed by atoms with Gasteiger partial charge in [0, 0.05) is 12.3 Å². The molecule has 1 aliphatic rings. The molecule has 188 valence electrons. The van der Waals surface area contributed by atoms with Gasteiger partial charge in [-0.05, 0) is 61.6 Å². The normalized spacial score (nSPS) is 14.3. The van der Waals surface area contributed by atoms with Crippen molar-refractivity contribution < 1.29 is 14.6 Å². The second kappa shape index (κ2) is 10.7. The number of aromatic hydroxyl groups is 1. The highest BCUT2D eigenvalue weighted by Gasteiger charge is 2.35. The van der Waals surface area contributed by atoms with Gasteiger partial charge in [-0.1, -0.05) is 49.4 Å². The summed E-state index contributed by atoms with van der Waals surface area (Å²) in [7, 11) is 0. The van der Waals surface area contributed by atoms with Gasteiger partial charge in [-0.3, -0.25) is 19.3 Å². The van der Waals surface area contributed by atoms with Crippen molar-refractivity contribution in [3.63, 3.8) is 0 Å². The van der Waals surface area contributed by atoms with E-state index in [1.54, 1.807) is 15.8 Å². The molecule has 0 aliphatic carbocycles. The maximum absolute atomic E-state index is 13.5. The summed E-state index contributed by atoms with van der Waals surface area (Å²) in [5.41, 5.74) is 3.92. The molecule has 7 heteroatoms. The first kappa shape index (κ1) is 25.1. The number of aromatic nitrogens is 1. The van der Waals surface area contributed by atoms with Crippen molar-refractivity contribution in [2.24, 2.45) is 0 Å². The zero-order valence-corrected chi connectivity index (χ0v) is 21.3. The third kappa shape index (κ3) is 5.00. The third-order valence-corrected chi connectivity index (χ3v) is 6.82. The number of carbonyl (C=O) groups excluding carboxylic acids is 1. The van der Waals surface area contributed by atoms with Gasteiger partial charge in [0.15, 0.2) is 11.4 Å². The summed E-state index contributed by atoms with van der Waals surface area (Å²) >= 11 is 0. The third-order valence-electron chi connectivity index (χ3n) is 6.82. The van der Waals surface area contributed by atoms with Gasteiger partial charge in [-0.25, -0.2) is 0 Å². The zero-order valence-electron chi connectivity index (χ0n) is 21.3. The Hall–Kier alpha value is -4.00. The Bertz CT molecular complexity index is 1340. The molecule has 4 rings (SSSR count). The van der Waals surface area contributed by atoms with E-state index in [2.05, 4.69) is 0 Å². The van der Waals surface area contributed by atoms with Crippen LogP contribution in [0.2, 0.25) is 0 Å². The molecular formula is C29H33N3O4. The largest absolute Gasteiger partial charge is 0.502 e. The van der Waals surface area contributed by atoms with Crippen LogP contribution < -0.4 is 15.2 Å². The molecule has 1 aliphatic heterocycles. The van der Waals surface area contributed by atoms with Crippen LogP contribution in [0.3, 0.4) is 0 Å². The fraction of sp³-hybridized carbons (Fsp3) is 0.310. The number of fused-ring (bicyclic) bond motifs is 1. The molecule has 0 unspecified atom stereocenters. The molecule has 1 amide bonds. The van der Waals surface area contributed by atoms with Crippen LogP contribution in [0.4, 0.5) is 0 Å². The fourth-order valence-corrected chi connectivity index (χ4v) is 4.45. The molecule has 2 heterocycles. The minimum absolute atomic E-state index is 0.0131. The molecule has 1 aromatic heterocycles. The Morgan fingerprint density at radius 3 is 2.53 bits per heavy atom. The van der Waals surface area contributed by atoms with E-state index >= 15 is 0 Å². The van der Waals surface area contributed by atoms with E-state index in [0.29, 0.717) is 26.2 Å². The van der Waals surface area contributed by atoms with Crippen molar-refractivity contribution >= 4 is 5.91 Å². The predicted molar refractivity (Wildman–Crippen MR) is 141 cm³/mol. The van der Waals surface area contributed by atoms with Crippen LogP contribution in [-0.2, 0) is 6.54 Å². The molecule has 0 fully saturated rings. The monoisotopic (exact) mass is 487 g/mol. The van der Waals surface area contributed by atoms with Crippen molar-refractivity contribution in [1.82, 2.24) is 9.58 Å². The number of rotatable bonds is 8. The van der Waals surface area contributed by atoms with Crippen molar-refractivity contribution in [3.05, 3.63) is 105 Å². The van der Waals surface area contributed by atoms with Crippen molar-refractivity contribution in [2.45, 2.75) is 46.7 Å². The van der Waals surface area contributed by atoms with Gasteiger partial charge in [0.1, 0.15) is 19.0 Å². The molecule has 0 saturated heterocycles. The number of carbonyl (C=O) groups is 1. The molecular weight excluding hydrogens is 454 g/mol. The number of hydrogen-bond donors (Lipinski definition) is 1. The molecule has 0 bridgehead atoms. The smallest absolute Gasteiger partial charge is 0.278 e. The summed E-state index contributed by atoms with van der Waals surface area (Å²) in [6.45, 7) is 9.33. The number of hydrogen-bond acceptors (Lipinski definition) is 5. The minimum Gasteiger partial charge on any atom is -0.502 e.